The Hall–Kier alpha value is -3.47. The minimum atomic E-state index is -0.446. The normalized spacial score (nSPS) is 12.1. The zero-order chi connectivity index (χ0) is 19.5. The second kappa shape index (κ2) is 7.64. The summed E-state index contributed by atoms with van der Waals surface area (Å²) in [6.45, 7) is 2.03. The fraction of sp³-hybridized carbons (Fsp3) is 0.130. The lowest BCUT2D eigenvalue weighted by atomic mass is 9.89. The highest BCUT2D eigenvalue weighted by atomic mass is 19.1. The maximum atomic E-state index is 13.9. The van der Waals surface area contributed by atoms with Crippen LogP contribution in [0.15, 0.2) is 79.1 Å². The van der Waals surface area contributed by atoms with Crippen LogP contribution in [-0.2, 0) is 4.79 Å². The highest BCUT2D eigenvalue weighted by Crippen LogP contribution is 2.31. The number of imidazole rings is 1. The molecule has 28 heavy (non-hydrogen) atoms. The smallest absolute Gasteiger partial charge is 0.225 e. The first-order valence-electron chi connectivity index (χ1n) is 9.15. The van der Waals surface area contributed by atoms with Gasteiger partial charge >= 0.3 is 0 Å². The Balaban J connectivity index is 1.71. The molecule has 1 amide bonds. The Kier molecular flexibility index (Phi) is 4.89. The molecule has 4 nitrogen and oxygen atoms in total. The molecule has 0 spiro atoms. The summed E-state index contributed by atoms with van der Waals surface area (Å²) in [6.07, 6.45) is 3.93. The highest BCUT2D eigenvalue weighted by molar-refractivity contribution is 5.91. The molecule has 0 aliphatic rings. The third-order valence-electron chi connectivity index (χ3n) is 4.90. The SMILES string of the molecule is Cc1ccccc1C(CC(=O)Nc1ccccc1F)c1cnc2ccccn12. The van der Waals surface area contributed by atoms with Gasteiger partial charge in [0.25, 0.3) is 0 Å². The Morgan fingerprint density at radius 3 is 2.64 bits per heavy atom. The number of anilines is 1. The van der Waals surface area contributed by atoms with Gasteiger partial charge in [0.15, 0.2) is 0 Å². The van der Waals surface area contributed by atoms with Crippen LogP contribution in [0.5, 0.6) is 0 Å². The number of hydrogen-bond acceptors (Lipinski definition) is 2. The molecule has 1 N–H and O–H groups in total. The van der Waals surface area contributed by atoms with E-state index >= 15 is 0 Å². The number of fused-ring (bicyclic) bond motifs is 1. The van der Waals surface area contributed by atoms with Gasteiger partial charge in [-0.05, 0) is 42.3 Å². The quantitative estimate of drug-likeness (QED) is 0.538. The summed E-state index contributed by atoms with van der Waals surface area (Å²) in [4.78, 5) is 17.3. The first-order valence-corrected chi connectivity index (χ1v) is 9.15. The maximum Gasteiger partial charge on any atom is 0.225 e. The minimum Gasteiger partial charge on any atom is -0.324 e. The predicted octanol–water partition coefficient (Wildman–Crippen LogP) is 4.94. The number of carbonyl (C=O) groups is 1. The fourth-order valence-corrected chi connectivity index (χ4v) is 3.51. The number of nitrogens with zero attached hydrogens (tertiary/aromatic N) is 2. The van der Waals surface area contributed by atoms with Gasteiger partial charge in [-0.2, -0.15) is 0 Å². The van der Waals surface area contributed by atoms with Gasteiger partial charge < -0.3 is 9.72 Å². The van der Waals surface area contributed by atoms with Crippen LogP contribution in [0, 0.1) is 12.7 Å². The van der Waals surface area contributed by atoms with Crippen molar-refractivity contribution in [2.24, 2.45) is 0 Å². The Bertz CT molecular complexity index is 1140. The summed E-state index contributed by atoms with van der Waals surface area (Å²) < 4.78 is 15.9. The molecule has 2 aromatic heterocycles. The van der Waals surface area contributed by atoms with Crippen LogP contribution < -0.4 is 5.32 Å². The summed E-state index contributed by atoms with van der Waals surface area (Å²) in [5.74, 6) is -0.896. The van der Waals surface area contributed by atoms with Crippen LogP contribution in [0.25, 0.3) is 5.65 Å². The van der Waals surface area contributed by atoms with Crippen molar-refractivity contribution in [1.82, 2.24) is 9.38 Å². The fourth-order valence-electron chi connectivity index (χ4n) is 3.51. The summed E-state index contributed by atoms with van der Waals surface area (Å²) in [5, 5.41) is 2.70. The molecule has 5 heteroatoms. The van der Waals surface area contributed by atoms with E-state index in [4.69, 9.17) is 0 Å². The van der Waals surface area contributed by atoms with Crippen molar-refractivity contribution in [3.63, 3.8) is 0 Å². The average Bonchev–Trinajstić information content (AvgIpc) is 3.13. The molecule has 0 bridgehead atoms. The number of carbonyl (C=O) groups excluding carboxylic acids is 1. The maximum absolute atomic E-state index is 13.9. The van der Waals surface area contributed by atoms with E-state index in [2.05, 4.69) is 10.3 Å². The Labute approximate surface area is 162 Å². The van der Waals surface area contributed by atoms with Crippen LogP contribution in [0.1, 0.15) is 29.2 Å². The standard InChI is InChI=1S/C23H20FN3O/c1-16-8-2-3-9-17(16)18(21-15-25-22-12-6-7-13-27(21)22)14-23(28)26-20-11-5-4-10-19(20)24/h2-13,15,18H,14H2,1H3,(H,26,28). The molecule has 2 heterocycles. The van der Waals surface area contributed by atoms with E-state index in [9.17, 15) is 9.18 Å². The van der Waals surface area contributed by atoms with Gasteiger partial charge in [0.1, 0.15) is 11.5 Å². The number of para-hydroxylation sites is 1. The molecule has 0 saturated carbocycles. The lowest BCUT2D eigenvalue weighted by Crippen LogP contribution is -2.18. The zero-order valence-electron chi connectivity index (χ0n) is 15.5. The second-order valence-corrected chi connectivity index (χ2v) is 6.75. The van der Waals surface area contributed by atoms with Crippen molar-refractivity contribution in [1.29, 1.82) is 0 Å². The molecule has 140 valence electrons. The largest absolute Gasteiger partial charge is 0.324 e. The third kappa shape index (κ3) is 3.51. The summed E-state index contributed by atoms with van der Waals surface area (Å²) in [6, 6.07) is 20.0. The van der Waals surface area contributed by atoms with Crippen molar-refractivity contribution in [2.45, 2.75) is 19.3 Å². The van der Waals surface area contributed by atoms with E-state index < -0.39 is 5.82 Å². The number of aryl methyl sites for hydroxylation is 1. The van der Waals surface area contributed by atoms with E-state index in [1.54, 1.807) is 18.2 Å². The third-order valence-corrected chi connectivity index (χ3v) is 4.90. The molecular formula is C23H20FN3O. The first-order chi connectivity index (χ1) is 13.6. The van der Waals surface area contributed by atoms with Crippen molar-refractivity contribution in [3.05, 3.63) is 102 Å². The highest BCUT2D eigenvalue weighted by Gasteiger charge is 2.23. The second-order valence-electron chi connectivity index (χ2n) is 6.75. The van der Waals surface area contributed by atoms with Gasteiger partial charge in [-0.15, -0.1) is 0 Å². The van der Waals surface area contributed by atoms with Crippen molar-refractivity contribution in [3.8, 4) is 0 Å². The molecule has 0 aliphatic carbocycles. The number of rotatable bonds is 5. The molecule has 0 aliphatic heterocycles. The molecule has 0 radical (unpaired) electrons. The van der Waals surface area contributed by atoms with E-state index in [0.29, 0.717) is 0 Å². The number of hydrogen-bond donors (Lipinski definition) is 1. The van der Waals surface area contributed by atoms with Crippen LogP contribution in [0.4, 0.5) is 10.1 Å². The van der Waals surface area contributed by atoms with E-state index in [1.807, 2.05) is 66.2 Å². The van der Waals surface area contributed by atoms with E-state index in [0.717, 1.165) is 22.5 Å². The number of amides is 1. The van der Waals surface area contributed by atoms with Gasteiger partial charge in [0.2, 0.25) is 5.91 Å². The minimum absolute atomic E-state index is 0.182. The van der Waals surface area contributed by atoms with Crippen LogP contribution in [0.3, 0.4) is 0 Å². The predicted molar refractivity (Wildman–Crippen MR) is 108 cm³/mol. The number of aromatic nitrogens is 2. The lowest BCUT2D eigenvalue weighted by molar-refractivity contribution is -0.116. The van der Waals surface area contributed by atoms with Gasteiger partial charge in [-0.25, -0.2) is 9.37 Å². The Morgan fingerprint density at radius 1 is 1.07 bits per heavy atom. The monoisotopic (exact) mass is 373 g/mol. The molecule has 1 atom stereocenters. The molecule has 2 aromatic carbocycles. The Morgan fingerprint density at radius 2 is 1.82 bits per heavy atom. The summed E-state index contributed by atoms with van der Waals surface area (Å²) in [5.41, 5.74) is 4.09. The average molecular weight is 373 g/mol. The summed E-state index contributed by atoms with van der Waals surface area (Å²) in [7, 11) is 0. The first kappa shape index (κ1) is 17.9. The molecule has 4 aromatic rings. The topological polar surface area (TPSA) is 46.4 Å². The van der Waals surface area contributed by atoms with Gasteiger partial charge in [0.05, 0.1) is 11.4 Å². The van der Waals surface area contributed by atoms with Crippen molar-refractivity contribution >= 4 is 17.2 Å². The van der Waals surface area contributed by atoms with Crippen molar-refractivity contribution in [2.75, 3.05) is 5.32 Å². The zero-order valence-corrected chi connectivity index (χ0v) is 15.5. The number of pyridine rings is 1. The van der Waals surface area contributed by atoms with E-state index in [1.165, 1.54) is 6.07 Å². The van der Waals surface area contributed by atoms with Gasteiger partial charge in [-0.1, -0.05) is 42.5 Å². The van der Waals surface area contributed by atoms with Gasteiger partial charge in [0, 0.05) is 24.7 Å². The van der Waals surface area contributed by atoms with E-state index in [-0.39, 0.29) is 23.9 Å². The van der Waals surface area contributed by atoms with Crippen molar-refractivity contribution < 1.29 is 9.18 Å². The molecular weight excluding hydrogens is 353 g/mol. The number of nitrogens with one attached hydrogen (secondary N) is 1. The molecule has 4 rings (SSSR count). The molecule has 0 fully saturated rings. The number of benzene rings is 2. The number of halogens is 1. The summed E-state index contributed by atoms with van der Waals surface area (Å²) >= 11 is 0. The van der Waals surface area contributed by atoms with Crippen LogP contribution >= 0.6 is 0 Å². The van der Waals surface area contributed by atoms with Crippen LogP contribution in [-0.4, -0.2) is 15.3 Å². The lowest BCUT2D eigenvalue weighted by Gasteiger charge is -2.19. The molecule has 1 unspecified atom stereocenters. The van der Waals surface area contributed by atoms with Gasteiger partial charge in [-0.3, -0.25) is 4.79 Å². The van der Waals surface area contributed by atoms with Crippen LogP contribution in [0.2, 0.25) is 0 Å². The molecule has 0 saturated heterocycles.